The molecule has 0 aliphatic carbocycles. The van der Waals surface area contributed by atoms with Crippen LogP contribution in [0.25, 0.3) is 10.9 Å². The topological polar surface area (TPSA) is 46.8 Å². The van der Waals surface area contributed by atoms with Crippen LogP contribution in [0, 0.1) is 0 Å². The first-order valence-corrected chi connectivity index (χ1v) is 7.75. The number of nitrogens with zero attached hydrogens (tertiary/aromatic N) is 5. The summed E-state index contributed by atoms with van der Waals surface area (Å²) in [6.07, 6.45) is 5.83. The summed E-state index contributed by atoms with van der Waals surface area (Å²) in [7, 11) is 2.03. The van der Waals surface area contributed by atoms with Crippen molar-refractivity contribution < 1.29 is 0 Å². The second-order valence-corrected chi connectivity index (χ2v) is 5.86. The predicted octanol–water partition coefficient (Wildman–Crippen LogP) is 2.75. The molecule has 22 heavy (non-hydrogen) atoms. The summed E-state index contributed by atoms with van der Waals surface area (Å²) in [4.78, 5) is 11.3. The number of aromatic nitrogens is 4. The highest BCUT2D eigenvalue weighted by Gasteiger charge is 2.24. The SMILES string of the molecule is Cn1nccc1C1CCN(c2ncnc3ccccc23)CC1. The minimum atomic E-state index is 0.594. The molecule has 0 radical (unpaired) electrons. The molecule has 0 atom stereocenters. The first kappa shape index (κ1) is 13.2. The van der Waals surface area contributed by atoms with E-state index in [1.165, 1.54) is 5.69 Å². The van der Waals surface area contributed by atoms with Gasteiger partial charge in [0.05, 0.1) is 5.52 Å². The number of fused-ring (bicyclic) bond motifs is 1. The third kappa shape index (κ3) is 2.22. The molecule has 1 saturated heterocycles. The van der Waals surface area contributed by atoms with Gasteiger partial charge in [0, 0.05) is 43.3 Å². The molecule has 0 bridgehead atoms. The van der Waals surface area contributed by atoms with E-state index >= 15 is 0 Å². The zero-order chi connectivity index (χ0) is 14.9. The zero-order valence-corrected chi connectivity index (χ0v) is 12.7. The molecule has 0 amide bonds. The number of hydrogen-bond donors (Lipinski definition) is 0. The molecule has 1 aliphatic rings. The highest BCUT2D eigenvalue weighted by molar-refractivity contribution is 5.89. The van der Waals surface area contributed by atoms with Crippen molar-refractivity contribution in [1.82, 2.24) is 19.7 Å². The quantitative estimate of drug-likeness (QED) is 0.729. The van der Waals surface area contributed by atoms with E-state index in [0.29, 0.717) is 5.92 Å². The Balaban J connectivity index is 1.57. The summed E-state index contributed by atoms with van der Waals surface area (Å²) in [6, 6.07) is 10.4. The van der Waals surface area contributed by atoms with Gasteiger partial charge in [0.15, 0.2) is 0 Å². The fourth-order valence-electron chi connectivity index (χ4n) is 3.41. The van der Waals surface area contributed by atoms with Crippen LogP contribution in [0.4, 0.5) is 5.82 Å². The number of hydrogen-bond acceptors (Lipinski definition) is 4. The van der Waals surface area contributed by atoms with E-state index in [9.17, 15) is 0 Å². The van der Waals surface area contributed by atoms with Gasteiger partial charge < -0.3 is 4.90 Å². The van der Waals surface area contributed by atoms with Crippen molar-refractivity contribution in [3.05, 3.63) is 48.5 Å². The van der Waals surface area contributed by atoms with E-state index in [-0.39, 0.29) is 0 Å². The molecule has 0 saturated carbocycles. The lowest BCUT2D eigenvalue weighted by atomic mass is 9.93. The molecule has 5 nitrogen and oxygen atoms in total. The normalized spacial score (nSPS) is 16.3. The van der Waals surface area contributed by atoms with Crippen molar-refractivity contribution >= 4 is 16.7 Å². The summed E-state index contributed by atoms with van der Waals surface area (Å²) in [5.41, 5.74) is 2.36. The maximum Gasteiger partial charge on any atom is 0.139 e. The molecule has 1 fully saturated rings. The monoisotopic (exact) mass is 293 g/mol. The fraction of sp³-hybridized carbons (Fsp3) is 0.353. The number of para-hydroxylation sites is 1. The molecule has 3 heterocycles. The van der Waals surface area contributed by atoms with E-state index in [1.54, 1.807) is 6.33 Å². The highest BCUT2D eigenvalue weighted by Crippen LogP contribution is 2.31. The summed E-state index contributed by atoms with van der Waals surface area (Å²) >= 11 is 0. The first-order valence-electron chi connectivity index (χ1n) is 7.75. The van der Waals surface area contributed by atoms with Gasteiger partial charge >= 0.3 is 0 Å². The van der Waals surface area contributed by atoms with E-state index in [4.69, 9.17) is 0 Å². The second kappa shape index (κ2) is 5.40. The molecule has 0 N–H and O–H groups in total. The summed E-state index contributed by atoms with van der Waals surface area (Å²) in [5.74, 6) is 1.66. The smallest absolute Gasteiger partial charge is 0.139 e. The zero-order valence-electron chi connectivity index (χ0n) is 12.7. The Morgan fingerprint density at radius 1 is 1.05 bits per heavy atom. The van der Waals surface area contributed by atoms with Gasteiger partial charge in [-0.2, -0.15) is 5.10 Å². The molecule has 3 aromatic rings. The average Bonchev–Trinajstić information content (AvgIpc) is 3.01. The van der Waals surface area contributed by atoms with E-state index in [0.717, 1.165) is 42.7 Å². The van der Waals surface area contributed by atoms with Gasteiger partial charge in [-0.15, -0.1) is 0 Å². The van der Waals surface area contributed by atoms with Crippen molar-refractivity contribution in [1.29, 1.82) is 0 Å². The number of piperidine rings is 1. The molecule has 112 valence electrons. The lowest BCUT2D eigenvalue weighted by molar-refractivity contribution is 0.476. The highest BCUT2D eigenvalue weighted by atomic mass is 15.3. The van der Waals surface area contributed by atoms with Gasteiger partial charge in [-0.1, -0.05) is 12.1 Å². The average molecular weight is 293 g/mol. The Labute approximate surface area is 129 Å². The van der Waals surface area contributed by atoms with Gasteiger partial charge in [0.25, 0.3) is 0 Å². The molecule has 2 aromatic heterocycles. The van der Waals surface area contributed by atoms with Gasteiger partial charge in [0.1, 0.15) is 12.1 Å². The maximum absolute atomic E-state index is 4.53. The number of rotatable bonds is 2. The minimum absolute atomic E-state index is 0.594. The molecular weight excluding hydrogens is 274 g/mol. The van der Waals surface area contributed by atoms with Crippen molar-refractivity contribution in [3.63, 3.8) is 0 Å². The molecule has 5 heteroatoms. The van der Waals surface area contributed by atoms with E-state index in [1.807, 2.05) is 30.1 Å². The van der Waals surface area contributed by atoms with Crippen LogP contribution < -0.4 is 4.90 Å². The molecule has 4 rings (SSSR count). The summed E-state index contributed by atoms with van der Waals surface area (Å²) < 4.78 is 2.00. The lowest BCUT2D eigenvalue weighted by Crippen LogP contribution is -2.34. The van der Waals surface area contributed by atoms with E-state index < -0.39 is 0 Å². The van der Waals surface area contributed by atoms with Gasteiger partial charge in [0.2, 0.25) is 0 Å². The van der Waals surface area contributed by atoms with Crippen LogP contribution >= 0.6 is 0 Å². The molecule has 1 aromatic carbocycles. The molecular formula is C17H19N5. The van der Waals surface area contributed by atoms with Crippen molar-refractivity contribution in [2.75, 3.05) is 18.0 Å². The van der Waals surface area contributed by atoms with Crippen LogP contribution in [-0.2, 0) is 7.05 Å². The molecule has 0 spiro atoms. The van der Waals surface area contributed by atoms with Crippen LogP contribution in [0.2, 0.25) is 0 Å². The number of benzene rings is 1. The number of aryl methyl sites for hydroxylation is 1. The molecule has 1 aliphatic heterocycles. The van der Waals surface area contributed by atoms with Gasteiger partial charge in [-0.3, -0.25) is 4.68 Å². The van der Waals surface area contributed by atoms with E-state index in [2.05, 4.69) is 38.2 Å². The third-order valence-corrected chi connectivity index (χ3v) is 4.59. The van der Waals surface area contributed by atoms with Crippen LogP contribution in [0.3, 0.4) is 0 Å². The minimum Gasteiger partial charge on any atom is -0.356 e. The first-order chi connectivity index (χ1) is 10.8. The van der Waals surface area contributed by atoms with Crippen LogP contribution in [0.1, 0.15) is 24.5 Å². The summed E-state index contributed by atoms with van der Waals surface area (Å²) in [5, 5.41) is 5.43. The lowest BCUT2D eigenvalue weighted by Gasteiger charge is -2.33. The Morgan fingerprint density at radius 2 is 1.86 bits per heavy atom. The Hall–Kier alpha value is -2.43. The van der Waals surface area contributed by atoms with Crippen LogP contribution in [-0.4, -0.2) is 32.8 Å². The van der Waals surface area contributed by atoms with Crippen LogP contribution in [0.5, 0.6) is 0 Å². The van der Waals surface area contributed by atoms with Gasteiger partial charge in [-0.05, 0) is 31.0 Å². The Morgan fingerprint density at radius 3 is 2.64 bits per heavy atom. The van der Waals surface area contributed by atoms with Crippen molar-refractivity contribution in [2.45, 2.75) is 18.8 Å². The second-order valence-electron chi connectivity index (χ2n) is 5.86. The largest absolute Gasteiger partial charge is 0.356 e. The Kier molecular flexibility index (Phi) is 3.25. The van der Waals surface area contributed by atoms with Gasteiger partial charge in [-0.25, -0.2) is 9.97 Å². The standard InChI is InChI=1S/C17H19N5/c1-21-16(6-9-20-21)13-7-10-22(11-8-13)17-14-4-2-3-5-15(14)18-12-19-17/h2-6,9,12-13H,7-8,10-11H2,1H3. The summed E-state index contributed by atoms with van der Waals surface area (Å²) in [6.45, 7) is 2.05. The maximum atomic E-state index is 4.53. The van der Waals surface area contributed by atoms with Crippen molar-refractivity contribution in [2.24, 2.45) is 7.05 Å². The fourth-order valence-corrected chi connectivity index (χ4v) is 3.41. The third-order valence-electron chi connectivity index (χ3n) is 4.59. The predicted molar refractivity (Wildman–Crippen MR) is 86.9 cm³/mol. The number of anilines is 1. The van der Waals surface area contributed by atoms with Crippen LogP contribution in [0.15, 0.2) is 42.9 Å². The van der Waals surface area contributed by atoms with Crippen molar-refractivity contribution in [3.8, 4) is 0 Å². The molecule has 0 unspecified atom stereocenters. The Bertz CT molecular complexity index is 781.